The zero-order chi connectivity index (χ0) is 13.8. The maximum Gasteiger partial charge on any atom is 0.146 e. The van der Waals surface area contributed by atoms with Crippen molar-refractivity contribution in [1.29, 1.82) is 0 Å². The standard InChI is InChI=1S/C13H20N4OS/c1-4-14-12-10-5-6-19-13(10)16-11(15-12)7-17(3)9(2)8-18/h5-6,9,18H,4,7-8H2,1-3H3,(H,14,15,16). The van der Waals surface area contributed by atoms with Crippen molar-refractivity contribution in [1.82, 2.24) is 14.9 Å². The topological polar surface area (TPSA) is 61.3 Å². The van der Waals surface area contributed by atoms with E-state index in [0.717, 1.165) is 28.4 Å². The number of nitrogens with one attached hydrogen (secondary N) is 1. The molecule has 2 aromatic heterocycles. The fourth-order valence-electron chi connectivity index (χ4n) is 1.79. The molecule has 6 heteroatoms. The molecule has 0 fully saturated rings. The molecule has 1 unspecified atom stereocenters. The van der Waals surface area contributed by atoms with E-state index in [1.807, 2.05) is 30.3 Å². The number of likely N-dealkylation sites (N-methyl/N-ethyl adjacent to an activating group) is 1. The fourth-order valence-corrected chi connectivity index (χ4v) is 2.57. The third-order valence-corrected chi connectivity index (χ3v) is 3.93. The monoisotopic (exact) mass is 280 g/mol. The Hall–Kier alpha value is -1.24. The summed E-state index contributed by atoms with van der Waals surface area (Å²) in [5, 5.41) is 15.6. The Balaban J connectivity index is 2.28. The second kappa shape index (κ2) is 6.27. The Morgan fingerprint density at radius 1 is 1.47 bits per heavy atom. The Morgan fingerprint density at radius 3 is 2.95 bits per heavy atom. The van der Waals surface area contributed by atoms with E-state index in [4.69, 9.17) is 5.11 Å². The van der Waals surface area contributed by atoms with Crippen molar-refractivity contribution in [3.05, 3.63) is 17.3 Å². The first-order valence-corrected chi connectivity index (χ1v) is 7.32. The Bertz CT molecular complexity index is 542. The predicted octanol–water partition coefficient (Wildman–Crippen LogP) is 1.94. The van der Waals surface area contributed by atoms with Gasteiger partial charge in [-0.2, -0.15) is 0 Å². The molecule has 0 aliphatic carbocycles. The van der Waals surface area contributed by atoms with Gasteiger partial charge >= 0.3 is 0 Å². The lowest BCUT2D eigenvalue weighted by atomic mass is 10.3. The lowest BCUT2D eigenvalue weighted by molar-refractivity contribution is 0.151. The van der Waals surface area contributed by atoms with Gasteiger partial charge in [0, 0.05) is 12.6 Å². The SMILES string of the molecule is CCNc1nc(CN(C)C(C)CO)nc2sccc12. The molecule has 0 amide bonds. The van der Waals surface area contributed by atoms with Crippen LogP contribution in [0.15, 0.2) is 11.4 Å². The maximum absolute atomic E-state index is 9.17. The number of fused-ring (bicyclic) bond motifs is 1. The summed E-state index contributed by atoms with van der Waals surface area (Å²) in [5.74, 6) is 1.68. The molecule has 5 nitrogen and oxygen atoms in total. The molecule has 19 heavy (non-hydrogen) atoms. The largest absolute Gasteiger partial charge is 0.395 e. The number of thiophene rings is 1. The first-order valence-electron chi connectivity index (χ1n) is 6.44. The zero-order valence-electron chi connectivity index (χ0n) is 11.6. The van der Waals surface area contributed by atoms with Gasteiger partial charge in [-0.15, -0.1) is 11.3 Å². The van der Waals surface area contributed by atoms with E-state index in [9.17, 15) is 0 Å². The van der Waals surface area contributed by atoms with Crippen LogP contribution in [0.2, 0.25) is 0 Å². The third-order valence-electron chi connectivity index (χ3n) is 3.12. The van der Waals surface area contributed by atoms with Crippen molar-refractivity contribution in [2.45, 2.75) is 26.4 Å². The molecule has 2 heterocycles. The van der Waals surface area contributed by atoms with Crippen LogP contribution in [0.25, 0.3) is 10.2 Å². The van der Waals surface area contributed by atoms with E-state index >= 15 is 0 Å². The summed E-state index contributed by atoms with van der Waals surface area (Å²) in [6.07, 6.45) is 0. The van der Waals surface area contributed by atoms with Crippen LogP contribution in [-0.2, 0) is 6.54 Å². The minimum absolute atomic E-state index is 0.102. The lowest BCUT2D eigenvalue weighted by Crippen LogP contribution is -2.32. The molecule has 104 valence electrons. The van der Waals surface area contributed by atoms with Crippen molar-refractivity contribution >= 4 is 27.4 Å². The van der Waals surface area contributed by atoms with Gasteiger partial charge in [0.15, 0.2) is 0 Å². The van der Waals surface area contributed by atoms with Crippen molar-refractivity contribution in [2.75, 3.05) is 25.5 Å². The van der Waals surface area contributed by atoms with Gasteiger partial charge in [0.25, 0.3) is 0 Å². The van der Waals surface area contributed by atoms with Crippen LogP contribution in [0.3, 0.4) is 0 Å². The molecule has 2 aromatic rings. The number of aliphatic hydroxyl groups excluding tert-OH is 1. The normalized spacial score (nSPS) is 13.1. The van der Waals surface area contributed by atoms with Gasteiger partial charge in [0.2, 0.25) is 0 Å². The predicted molar refractivity (Wildman–Crippen MR) is 79.6 cm³/mol. The number of nitrogens with zero attached hydrogens (tertiary/aromatic N) is 3. The lowest BCUT2D eigenvalue weighted by Gasteiger charge is -2.22. The molecule has 0 aromatic carbocycles. The highest BCUT2D eigenvalue weighted by Gasteiger charge is 2.13. The fraction of sp³-hybridized carbons (Fsp3) is 0.538. The van der Waals surface area contributed by atoms with Crippen LogP contribution in [0.4, 0.5) is 5.82 Å². The molecule has 0 aliphatic heterocycles. The van der Waals surface area contributed by atoms with Crippen LogP contribution in [0.5, 0.6) is 0 Å². The number of aliphatic hydroxyl groups is 1. The summed E-state index contributed by atoms with van der Waals surface area (Å²) in [6, 6.07) is 2.15. The second-order valence-electron chi connectivity index (χ2n) is 4.60. The molecule has 1 atom stereocenters. The summed E-state index contributed by atoms with van der Waals surface area (Å²) >= 11 is 1.62. The smallest absolute Gasteiger partial charge is 0.146 e. The van der Waals surface area contributed by atoms with Crippen molar-refractivity contribution in [2.24, 2.45) is 0 Å². The van der Waals surface area contributed by atoms with Gasteiger partial charge in [-0.05, 0) is 32.3 Å². The number of hydrogen-bond donors (Lipinski definition) is 2. The number of hydrogen-bond acceptors (Lipinski definition) is 6. The highest BCUT2D eigenvalue weighted by atomic mass is 32.1. The van der Waals surface area contributed by atoms with Crippen LogP contribution >= 0.6 is 11.3 Å². The number of anilines is 1. The van der Waals surface area contributed by atoms with Crippen molar-refractivity contribution in [3.63, 3.8) is 0 Å². The van der Waals surface area contributed by atoms with Gasteiger partial charge in [0.05, 0.1) is 18.5 Å². The molecular formula is C13H20N4OS. The van der Waals surface area contributed by atoms with E-state index < -0.39 is 0 Å². The summed E-state index contributed by atoms with van der Waals surface area (Å²) in [4.78, 5) is 12.2. The molecule has 0 saturated carbocycles. The van der Waals surface area contributed by atoms with Gasteiger partial charge < -0.3 is 10.4 Å². The maximum atomic E-state index is 9.17. The highest BCUT2D eigenvalue weighted by Crippen LogP contribution is 2.25. The quantitative estimate of drug-likeness (QED) is 0.846. The highest BCUT2D eigenvalue weighted by molar-refractivity contribution is 7.16. The average molecular weight is 280 g/mol. The molecule has 0 bridgehead atoms. The van der Waals surface area contributed by atoms with Gasteiger partial charge in [-0.25, -0.2) is 9.97 Å². The van der Waals surface area contributed by atoms with E-state index in [-0.39, 0.29) is 12.6 Å². The Morgan fingerprint density at radius 2 is 2.26 bits per heavy atom. The molecule has 0 saturated heterocycles. The van der Waals surface area contributed by atoms with E-state index in [2.05, 4.69) is 22.2 Å². The van der Waals surface area contributed by atoms with Crippen LogP contribution in [0.1, 0.15) is 19.7 Å². The van der Waals surface area contributed by atoms with Gasteiger partial charge in [0.1, 0.15) is 16.5 Å². The molecule has 0 radical (unpaired) electrons. The number of aromatic nitrogens is 2. The van der Waals surface area contributed by atoms with Crippen molar-refractivity contribution in [3.8, 4) is 0 Å². The Labute approximate surface area is 117 Å². The van der Waals surface area contributed by atoms with Crippen LogP contribution in [0, 0.1) is 0 Å². The van der Waals surface area contributed by atoms with Crippen LogP contribution in [-0.4, -0.2) is 46.2 Å². The average Bonchev–Trinajstić information content (AvgIpc) is 2.86. The summed E-state index contributed by atoms with van der Waals surface area (Å²) in [6.45, 7) is 5.64. The number of rotatable bonds is 6. The van der Waals surface area contributed by atoms with Crippen LogP contribution < -0.4 is 5.32 Å². The van der Waals surface area contributed by atoms with Crippen molar-refractivity contribution < 1.29 is 5.11 Å². The van der Waals surface area contributed by atoms with E-state index in [1.165, 1.54) is 0 Å². The summed E-state index contributed by atoms with van der Waals surface area (Å²) in [5.41, 5.74) is 0. The summed E-state index contributed by atoms with van der Waals surface area (Å²) < 4.78 is 0. The minimum Gasteiger partial charge on any atom is -0.395 e. The first-order chi connectivity index (χ1) is 9.15. The second-order valence-corrected chi connectivity index (χ2v) is 5.50. The third kappa shape index (κ3) is 3.20. The molecular weight excluding hydrogens is 260 g/mol. The first kappa shape index (κ1) is 14.2. The molecule has 0 spiro atoms. The van der Waals surface area contributed by atoms with Gasteiger partial charge in [-0.3, -0.25) is 4.90 Å². The van der Waals surface area contributed by atoms with E-state index in [0.29, 0.717) is 6.54 Å². The zero-order valence-corrected chi connectivity index (χ0v) is 12.4. The molecule has 2 rings (SSSR count). The Kier molecular flexibility index (Phi) is 4.68. The van der Waals surface area contributed by atoms with Gasteiger partial charge in [-0.1, -0.05) is 0 Å². The minimum atomic E-state index is 0.102. The molecule has 2 N–H and O–H groups in total. The molecule has 0 aliphatic rings. The van der Waals surface area contributed by atoms with E-state index in [1.54, 1.807) is 11.3 Å². The summed E-state index contributed by atoms with van der Waals surface area (Å²) in [7, 11) is 1.97.